The quantitative estimate of drug-likeness (QED) is 0.164. The topological polar surface area (TPSA) is 13.1 Å². The second-order valence-corrected chi connectivity index (χ2v) is 16.2. The number of hydrogen-bond donors (Lipinski definition) is 0. The number of hydrogen-bond acceptors (Lipinski definition) is 2. The lowest BCUT2D eigenvalue weighted by atomic mass is 9.79. The van der Waals surface area contributed by atoms with Crippen molar-refractivity contribution in [2.24, 2.45) is 0 Å². The van der Waals surface area contributed by atoms with Crippen LogP contribution in [0.1, 0.15) is 25.0 Å². The van der Waals surface area contributed by atoms with E-state index in [9.17, 15) is 0 Å². The van der Waals surface area contributed by atoms with Gasteiger partial charge in [0.1, 0.15) is 11.2 Å². The Morgan fingerprint density at radius 2 is 0.962 bits per heavy atom. The van der Waals surface area contributed by atoms with Crippen molar-refractivity contribution in [3.63, 3.8) is 0 Å². The Hall–Kier alpha value is -6.22. The Kier molecular flexibility index (Phi) is 5.78. The summed E-state index contributed by atoms with van der Waals surface area (Å²) < 4.78 is 9.17. The summed E-state index contributed by atoms with van der Waals surface area (Å²) in [4.78, 5) is 0. The summed E-state index contributed by atoms with van der Waals surface area (Å²) in [6, 6.07) is 58.6. The molecule has 1 nitrogen and oxygen atoms in total. The number of thiophene rings is 1. The van der Waals surface area contributed by atoms with Gasteiger partial charge in [-0.15, -0.1) is 11.3 Å². The first-order valence-electron chi connectivity index (χ1n) is 18.4. The number of para-hydroxylation sites is 1. The minimum atomic E-state index is -0.166. The zero-order valence-corrected chi connectivity index (χ0v) is 30.1. The predicted octanol–water partition coefficient (Wildman–Crippen LogP) is 15.1. The zero-order chi connectivity index (χ0) is 35.0. The van der Waals surface area contributed by atoms with Gasteiger partial charge in [-0.05, 0) is 114 Å². The molecule has 0 unspecified atom stereocenters. The lowest BCUT2D eigenvalue weighted by molar-refractivity contribution is 0.665. The van der Waals surface area contributed by atoms with Gasteiger partial charge < -0.3 is 4.42 Å². The van der Waals surface area contributed by atoms with Crippen LogP contribution >= 0.6 is 11.3 Å². The Bertz CT molecular complexity index is 3320. The fourth-order valence-corrected chi connectivity index (χ4v) is 10.8. The fourth-order valence-electron chi connectivity index (χ4n) is 9.72. The summed E-state index contributed by atoms with van der Waals surface area (Å²) >= 11 is 1.87. The third kappa shape index (κ3) is 3.91. The monoisotopic (exact) mass is 692 g/mol. The maximum absolute atomic E-state index is 6.51. The molecule has 11 aromatic rings. The second kappa shape index (κ2) is 10.4. The van der Waals surface area contributed by atoms with Crippen LogP contribution in [0, 0.1) is 0 Å². The molecular weight excluding hydrogens is 661 g/mol. The number of fused-ring (bicyclic) bond motifs is 14. The summed E-state index contributed by atoms with van der Waals surface area (Å²) in [5, 5.41) is 12.6. The Balaban J connectivity index is 1.09. The first-order chi connectivity index (χ1) is 26.0. The zero-order valence-electron chi connectivity index (χ0n) is 29.3. The molecule has 53 heavy (non-hydrogen) atoms. The van der Waals surface area contributed by atoms with Gasteiger partial charge in [0.25, 0.3) is 0 Å². The van der Waals surface area contributed by atoms with Gasteiger partial charge in [0.15, 0.2) is 0 Å². The van der Waals surface area contributed by atoms with Crippen molar-refractivity contribution in [3.05, 3.63) is 169 Å². The SMILES string of the molecule is CC1(C)c2ccc(-c3c4ccccc4c(-c4ccc5sc6ccccc6c5c4)c4ccccc34)cc2-c2ccc3c(ccc4c5ccccc5oc34)c21. The van der Waals surface area contributed by atoms with Gasteiger partial charge >= 0.3 is 0 Å². The van der Waals surface area contributed by atoms with Crippen LogP contribution in [0.25, 0.3) is 108 Å². The molecule has 2 heterocycles. The van der Waals surface area contributed by atoms with Gasteiger partial charge in [-0.1, -0.05) is 129 Å². The molecular formula is C51H32OS. The molecule has 0 aliphatic heterocycles. The van der Waals surface area contributed by atoms with Crippen molar-refractivity contribution < 1.29 is 4.42 Å². The van der Waals surface area contributed by atoms with Crippen LogP contribution in [0.15, 0.2) is 162 Å². The molecule has 0 amide bonds. The van der Waals surface area contributed by atoms with Crippen molar-refractivity contribution in [2.45, 2.75) is 19.3 Å². The van der Waals surface area contributed by atoms with Crippen LogP contribution in [0.3, 0.4) is 0 Å². The average molecular weight is 693 g/mol. The van der Waals surface area contributed by atoms with E-state index in [1.165, 1.54) is 108 Å². The van der Waals surface area contributed by atoms with Gasteiger partial charge in [0, 0.05) is 41.7 Å². The molecule has 1 aliphatic rings. The molecule has 2 aromatic heterocycles. The van der Waals surface area contributed by atoms with Crippen molar-refractivity contribution in [3.8, 4) is 33.4 Å². The first-order valence-corrected chi connectivity index (χ1v) is 19.2. The van der Waals surface area contributed by atoms with Crippen LogP contribution in [0.5, 0.6) is 0 Å². The molecule has 1 aliphatic carbocycles. The number of benzene rings is 9. The van der Waals surface area contributed by atoms with Gasteiger partial charge in [-0.3, -0.25) is 0 Å². The molecule has 0 radical (unpaired) electrons. The summed E-state index contributed by atoms with van der Waals surface area (Å²) in [5.74, 6) is 0. The summed E-state index contributed by atoms with van der Waals surface area (Å²) in [5.41, 5.74) is 12.2. The summed E-state index contributed by atoms with van der Waals surface area (Å²) in [6.07, 6.45) is 0. The van der Waals surface area contributed by atoms with Gasteiger partial charge in [0.2, 0.25) is 0 Å². The predicted molar refractivity (Wildman–Crippen MR) is 228 cm³/mol. The van der Waals surface area contributed by atoms with E-state index in [1.807, 2.05) is 17.4 Å². The Labute approximate surface area is 310 Å². The van der Waals surface area contributed by atoms with Crippen LogP contribution < -0.4 is 0 Å². The largest absolute Gasteiger partial charge is 0.455 e. The molecule has 9 aromatic carbocycles. The van der Waals surface area contributed by atoms with Gasteiger partial charge in [-0.25, -0.2) is 0 Å². The minimum Gasteiger partial charge on any atom is -0.455 e. The lowest BCUT2D eigenvalue weighted by Crippen LogP contribution is -2.15. The van der Waals surface area contributed by atoms with Crippen LogP contribution in [0.4, 0.5) is 0 Å². The Morgan fingerprint density at radius 3 is 1.70 bits per heavy atom. The van der Waals surface area contributed by atoms with Gasteiger partial charge in [0.05, 0.1) is 0 Å². The second-order valence-electron chi connectivity index (χ2n) is 15.2. The molecule has 0 atom stereocenters. The lowest BCUT2D eigenvalue weighted by Gasteiger charge is -2.23. The maximum Gasteiger partial charge on any atom is 0.143 e. The minimum absolute atomic E-state index is 0.166. The van der Waals surface area contributed by atoms with E-state index in [1.54, 1.807) is 0 Å². The van der Waals surface area contributed by atoms with E-state index in [-0.39, 0.29) is 5.41 Å². The van der Waals surface area contributed by atoms with Crippen LogP contribution in [-0.2, 0) is 5.41 Å². The highest BCUT2D eigenvalue weighted by Gasteiger charge is 2.37. The van der Waals surface area contributed by atoms with E-state index in [2.05, 4.69) is 166 Å². The van der Waals surface area contributed by atoms with E-state index < -0.39 is 0 Å². The third-order valence-electron chi connectivity index (χ3n) is 12.0. The fraction of sp³-hybridized carbons (Fsp3) is 0.0588. The van der Waals surface area contributed by atoms with Gasteiger partial charge in [-0.2, -0.15) is 0 Å². The summed E-state index contributed by atoms with van der Waals surface area (Å²) in [7, 11) is 0. The third-order valence-corrected chi connectivity index (χ3v) is 13.2. The highest BCUT2D eigenvalue weighted by Crippen LogP contribution is 2.54. The van der Waals surface area contributed by atoms with E-state index in [0.717, 1.165) is 11.2 Å². The summed E-state index contributed by atoms with van der Waals surface area (Å²) in [6.45, 7) is 4.76. The highest BCUT2D eigenvalue weighted by molar-refractivity contribution is 7.25. The maximum atomic E-state index is 6.51. The molecule has 0 saturated carbocycles. The number of rotatable bonds is 2. The van der Waals surface area contributed by atoms with E-state index in [4.69, 9.17) is 4.42 Å². The number of furan rings is 1. The molecule has 12 rings (SSSR count). The van der Waals surface area contributed by atoms with Crippen molar-refractivity contribution in [1.29, 1.82) is 0 Å². The van der Waals surface area contributed by atoms with Crippen molar-refractivity contribution in [2.75, 3.05) is 0 Å². The highest BCUT2D eigenvalue weighted by atomic mass is 32.1. The normalized spacial score (nSPS) is 13.6. The van der Waals surface area contributed by atoms with Crippen molar-refractivity contribution in [1.82, 2.24) is 0 Å². The average Bonchev–Trinajstić information content (AvgIpc) is 3.84. The van der Waals surface area contributed by atoms with E-state index >= 15 is 0 Å². The van der Waals surface area contributed by atoms with Crippen LogP contribution in [-0.4, -0.2) is 0 Å². The smallest absolute Gasteiger partial charge is 0.143 e. The Morgan fingerprint density at radius 1 is 0.415 bits per heavy atom. The molecule has 0 N–H and O–H groups in total. The van der Waals surface area contributed by atoms with Crippen LogP contribution in [0.2, 0.25) is 0 Å². The molecule has 0 fully saturated rings. The molecule has 248 valence electrons. The molecule has 2 heteroatoms. The molecule has 0 bridgehead atoms. The first kappa shape index (κ1) is 29.4. The standard InChI is InChI=1S/C51H32OS/c1-51(2)43-25-19-29(27-41(43)38-22-24-40-37(49(38)51)21-23-39-31-11-7-9-17-44(31)52-50(39)40)47-33-13-3-5-15-35(33)48(36-16-6-4-14-34(36)47)30-20-26-46-42(28-30)32-12-8-10-18-45(32)53-46/h3-28H,1-2H3. The molecule has 0 saturated heterocycles. The van der Waals surface area contributed by atoms with E-state index in [0.29, 0.717) is 0 Å². The molecule has 0 spiro atoms. The van der Waals surface area contributed by atoms with Crippen molar-refractivity contribution >= 4 is 85.8 Å².